The maximum atomic E-state index is 4.21. The lowest BCUT2D eigenvalue weighted by molar-refractivity contribution is -0.451. The van der Waals surface area contributed by atoms with Gasteiger partial charge in [0.05, 0.1) is 12.6 Å². The van der Waals surface area contributed by atoms with Crippen LogP contribution in [0.2, 0.25) is 0 Å². The Kier molecular flexibility index (Phi) is 2.50. The molecule has 1 aliphatic carbocycles. The van der Waals surface area contributed by atoms with Crippen molar-refractivity contribution in [3.8, 4) is 0 Å². The van der Waals surface area contributed by atoms with Crippen molar-refractivity contribution in [1.29, 1.82) is 0 Å². The van der Waals surface area contributed by atoms with Crippen molar-refractivity contribution in [3.05, 3.63) is 0 Å². The third-order valence-electron chi connectivity index (χ3n) is 3.13. The van der Waals surface area contributed by atoms with E-state index in [0.717, 1.165) is 6.54 Å². The zero-order valence-corrected chi connectivity index (χ0v) is 8.82. The molecule has 2 heteroatoms. The van der Waals surface area contributed by atoms with Gasteiger partial charge in [-0.3, -0.25) is 0 Å². The lowest BCUT2D eigenvalue weighted by Gasteiger charge is -2.42. The third-order valence-corrected chi connectivity index (χ3v) is 3.13. The molecule has 0 bridgehead atoms. The van der Waals surface area contributed by atoms with Crippen molar-refractivity contribution in [2.24, 2.45) is 10.8 Å². The predicted molar refractivity (Wildman–Crippen MR) is 50.2 cm³/mol. The maximum Gasteiger partial charge on any atom is 0.0856 e. The molecule has 0 aliphatic heterocycles. The van der Waals surface area contributed by atoms with Crippen LogP contribution in [0.1, 0.15) is 40.0 Å². The van der Waals surface area contributed by atoms with Crippen molar-refractivity contribution in [3.63, 3.8) is 0 Å². The van der Waals surface area contributed by atoms with E-state index < -0.39 is 0 Å². The second-order valence-electron chi connectivity index (χ2n) is 5.68. The van der Waals surface area contributed by atoms with E-state index in [4.69, 9.17) is 0 Å². The van der Waals surface area contributed by atoms with Gasteiger partial charge in [-0.2, -0.15) is 0 Å². The summed E-state index contributed by atoms with van der Waals surface area (Å²) >= 11 is 0. The van der Waals surface area contributed by atoms with Crippen LogP contribution in [-0.4, -0.2) is 12.6 Å². The summed E-state index contributed by atoms with van der Waals surface area (Å²) in [6.07, 6.45) is 3.86. The second-order valence-corrected chi connectivity index (χ2v) is 5.68. The molecular formula is C10H24N2+2. The van der Waals surface area contributed by atoms with E-state index in [0.29, 0.717) is 16.9 Å². The van der Waals surface area contributed by atoms with E-state index in [9.17, 15) is 0 Å². The van der Waals surface area contributed by atoms with Crippen molar-refractivity contribution < 1.29 is 11.5 Å². The van der Waals surface area contributed by atoms with Gasteiger partial charge in [-0.05, 0) is 11.8 Å². The van der Waals surface area contributed by atoms with Gasteiger partial charge in [0, 0.05) is 18.3 Å². The zero-order chi connectivity index (χ0) is 9.41. The summed E-state index contributed by atoms with van der Waals surface area (Å²) < 4.78 is 0. The zero-order valence-electron chi connectivity index (χ0n) is 8.82. The number of quaternary nitrogens is 2. The molecular weight excluding hydrogens is 148 g/mol. The molecule has 0 spiro atoms. The minimum Gasteiger partial charge on any atom is -0.357 e. The van der Waals surface area contributed by atoms with E-state index in [-0.39, 0.29) is 0 Å². The average Bonchev–Trinajstić information content (AvgIpc) is 1.82. The van der Waals surface area contributed by atoms with Gasteiger partial charge < -0.3 is 11.5 Å². The first-order chi connectivity index (χ1) is 5.37. The van der Waals surface area contributed by atoms with E-state index in [1.165, 1.54) is 19.3 Å². The summed E-state index contributed by atoms with van der Waals surface area (Å²) in [4.78, 5) is 0. The molecule has 72 valence electrons. The van der Waals surface area contributed by atoms with Gasteiger partial charge in [0.2, 0.25) is 0 Å². The second kappa shape index (κ2) is 3.00. The number of hydrogen-bond donors (Lipinski definition) is 2. The summed E-state index contributed by atoms with van der Waals surface area (Å²) in [7, 11) is 0. The Balaban J connectivity index is 2.70. The fraction of sp³-hybridized carbons (Fsp3) is 1.00. The van der Waals surface area contributed by atoms with Crippen LogP contribution in [0.3, 0.4) is 0 Å². The van der Waals surface area contributed by atoms with E-state index in [1.807, 2.05) is 0 Å². The van der Waals surface area contributed by atoms with Crippen molar-refractivity contribution >= 4 is 0 Å². The van der Waals surface area contributed by atoms with Crippen LogP contribution in [0.4, 0.5) is 0 Å². The van der Waals surface area contributed by atoms with E-state index in [2.05, 4.69) is 32.2 Å². The molecule has 0 saturated heterocycles. The fourth-order valence-corrected chi connectivity index (χ4v) is 3.04. The monoisotopic (exact) mass is 172 g/mol. The van der Waals surface area contributed by atoms with Gasteiger partial charge in [-0.15, -0.1) is 0 Å². The molecule has 1 rings (SSSR count). The molecule has 0 radical (unpaired) electrons. The molecule has 1 aliphatic rings. The van der Waals surface area contributed by atoms with Gasteiger partial charge in [0.25, 0.3) is 0 Å². The first-order valence-corrected chi connectivity index (χ1v) is 4.99. The molecule has 12 heavy (non-hydrogen) atoms. The molecule has 2 nitrogen and oxygen atoms in total. The summed E-state index contributed by atoms with van der Waals surface area (Å²) in [5, 5.41) is 0. The van der Waals surface area contributed by atoms with Crippen LogP contribution in [0, 0.1) is 10.8 Å². The van der Waals surface area contributed by atoms with Crippen molar-refractivity contribution in [2.45, 2.75) is 46.1 Å². The Bertz CT molecular complexity index is 165. The fourth-order valence-electron chi connectivity index (χ4n) is 3.04. The van der Waals surface area contributed by atoms with E-state index >= 15 is 0 Å². The molecule has 1 fully saturated rings. The first kappa shape index (κ1) is 10.0. The lowest BCUT2D eigenvalue weighted by atomic mass is 9.63. The van der Waals surface area contributed by atoms with E-state index in [1.54, 1.807) is 0 Å². The van der Waals surface area contributed by atoms with Crippen LogP contribution in [0.25, 0.3) is 0 Å². The molecule has 0 aromatic carbocycles. The highest BCUT2D eigenvalue weighted by Crippen LogP contribution is 2.43. The smallest absolute Gasteiger partial charge is 0.0856 e. The summed E-state index contributed by atoms with van der Waals surface area (Å²) in [6, 6.07) is 0.639. The quantitative estimate of drug-likeness (QED) is 0.562. The van der Waals surface area contributed by atoms with Crippen LogP contribution < -0.4 is 11.5 Å². The minimum atomic E-state index is 0.453. The van der Waals surface area contributed by atoms with Gasteiger partial charge >= 0.3 is 0 Å². The summed E-state index contributed by atoms with van der Waals surface area (Å²) in [5.74, 6) is 0. The van der Waals surface area contributed by atoms with Gasteiger partial charge in [0.15, 0.2) is 0 Å². The van der Waals surface area contributed by atoms with Crippen LogP contribution in [-0.2, 0) is 0 Å². The first-order valence-electron chi connectivity index (χ1n) is 4.99. The van der Waals surface area contributed by atoms with Crippen LogP contribution in [0.15, 0.2) is 0 Å². The average molecular weight is 172 g/mol. The molecule has 0 amide bonds. The van der Waals surface area contributed by atoms with Crippen molar-refractivity contribution in [2.75, 3.05) is 6.54 Å². The van der Waals surface area contributed by atoms with Crippen LogP contribution >= 0.6 is 0 Å². The Labute approximate surface area is 75.7 Å². The highest BCUT2D eigenvalue weighted by Gasteiger charge is 2.41. The maximum absolute atomic E-state index is 4.21. The summed E-state index contributed by atoms with van der Waals surface area (Å²) in [5.41, 5.74) is 9.20. The highest BCUT2D eigenvalue weighted by atomic mass is 14.7. The third kappa shape index (κ3) is 2.20. The highest BCUT2D eigenvalue weighted by molar-refractivity contribution is 4.90. The van der Waals surface area contributed by atoms with Crippen LogP contribution in [0.5, 0.6) is 0 Å². The molecule has 1 saturated carbocycles. The minimum absolute atomic E-state index is 0.453. The van der Waals surface area contributed by atoms with Gasteiger partial charge in [-0.1, -0.05) is 20.8 Å². The standard InChI is InChI=1S/C10H22N2/c1-9(2)4-8(12)5-10(3,6-9)7-11/h8H,4-7,11-12H2,1-3H3/p+2/t8-,10-/m1/s1. The predicted octanol–water partition coefficient (Wildman–Crippen LogP) is 0.0552. The number of hydrogen-bond acceptors (Lipinski definition) is 0. The normalized spacial score (nSPS) is 41.2. The van der Waals surface area contributed by atoms with Crippen molar-refractivity contribution in [1.82, 2.24) is 0 Å². The lowest BCUT2D eigenvalue weighted by Crippen LogP contribution is -2.69. The Morgan fingerprint density at radius 3 is 2.25 bits per heavy atom. The molecule has 0 heterocycles. The SMILES string of the molecule is CC1(C)C[C@@H]([NH3+])C[C@@](C)(C[NH3+])C1. The molecule has 0 aromatic rings. The van der Waals surface area contributed by atoms with Gasteiger partial charge in [-0.25, -0.2) is 0 Å². The van der Waals surface area contributed by atoms with Gasteiger partial charge in [0.1, 0.15) is 0 Å². The molecule has 2 atom stereocenters. The molecule has 6 N–H and O–H groups in total. The molecule has 0 unspecified atom stereocenters. The Morgan fingerprint density at radius 2 is 1.83 bits per heavy atom. The summed E-state index contributed by atoms with van der Waals surface area (Å²) in [6.45, 7) is 8.14. The molecule has 0 aromatic heterocycles. The topological polar surface area (TPSA) is 55.3 Å². The number of rotatable bonds is 1. The Morgan fingerprint density at radius 1 is 1.25 bits per heavy atom. The Hall–Kier alpha value is -0.0800. The largest absolute Gasteiger partial charge is 0.357 e.